The number of amides is 2. The fourth-order valence-electron chi connectivity index (χ4n) is 6.63. The first-order valence-electron chi connectivity index (χ1n) is 15.9. The molecule has 12 heteroatoms. The van der Waals surface area contributed by atoms with Gasteiger partial charge in [0.25, 0.3) is 11.8 Å². The molecule has 3 heterocycles. The van der Waals surface area contributed by atoms with Gasteiger partial charge in [-0.2, -0.15) is 5.21 Å². The Morgan fingerprint density at radius 1 is 1.15 bits per heavy atom. The SMILES string of the molecule is COc1ncc(C2=NC3(CCC(C(C)(C)C)CC3)N([C@H](CCC(C)(C)C)c3ccc(C(=O)NCc4nn[nH]n4)cc3)C2=O)cc1Cl. The van der Waals surface area contributed by atoms with E-state index in [2.05, 4.69) is 72.5 Å². The van der Waals surface area contributed by atoms with E-state index in [0.717, 1.165) is 44.1 Å². The van der Waals surface area contributed by atoms with Crippen LogP contribution >= 0.6 is 11.6 Å². The molecule has 2 aromatic heterocycles. The number of rotatable bonds is 9. The van der Waals surface area contributed by atoms with Crippen LogP contribution in [0.5, 0.6) is 5.88 Å². The number of pyridine rings is 1. The molecular weight excluding hydrogens is 604 g/mol. The van der Waals surface area contributed by atoms with Crippen molar-refractivity contribution in [3.05, 3.63) is 64.1 Å². The van der Waals surface area contributed by atoms with Gasteiger partial charge in [0.05, 0.1) is 19.7 Å². The number of aromatic amines is 1. The molecule has 2 aliphatic rings. The average Bonchev–Trinajstić information content (AvgIpc) is 3.62. The fourth-order valence-corrected chi connectivity index (χ4v) is 6.87. The first-order chi connectivity index (χ1) is 21.7. The maximum Gasteiger partial charge on any atom is 0.275 e. The third kappa shape index (κ3) is 7.24. The molecule has 0 unspecified atom stereocenters. The third-order valence-corrected chi connectivity index (χ3v) is 9.58. The van der Waals surface area contributed by atoms with Gasteiger partial charge in [-0.1, -0.05) is 70.5 Å². The van der Waals surface area contributed by atoms with Crippen LogP contribution in [0, 0.1) is 16.7 Å². The normalized spacial score (nSPS) is 21.0. The van der Waals surface area contributed by atoms with E-state index in [1.807, 2.05) is 29.2 Å². The van der Waals surface area contributed by atoms with Gasteiger partial charge in [0.1, 0.15) is 16.4 Å². The molecule has 2 N–H and O–H groups in total. The minimum atomic E-state index is -0.691. The highest BCUT2D eigenvalue weighted by Crippen LogP contribution is 2.50. The molecule has 11 nitrogen and oxygen atoms in total. The number of carbonyl (C=O) groups is 2. The second-order valence-corrected chi connectivity index (χ2v) is 15.1. The summed E-state index contributed by atoms with van der Waals surface area (Å²) in [5.41, 5.74) is 1.95. The standard InChI is InChI=1S/C34H45ClN8O3/c1-32(2,3)15-14-26(21-8-10-22(11-9-21)29(44)36-20-27-39-41-42-40-27)43-31(45)28(23-18-25(35)30(46-7)37-19-23)38-34(43)16-12-24(13-17-34)33(4,5)6/h8-11,18-19,24,26H,12-17,20H2,1-7H3,(H,36,44)(H,39,40,41,42)/t24?,26-,34?/m1/s1. The molecule has 0 saturated heterocycles. The predicted octanol–water partition coefficient (Wildman–Crippen LogP) is 6.32. The Hall–Kier alpha value is -3.86. The Morgan fingerprint density at radius 3 is 2.41 bits per heavy atom. The van der Waals surface area contributed by atoms with Gasteiger partial charge in [0, 0.05) is 17.3 Å². The average molecular weight is 649 g/mol. The topological polar surface area (TPSA) is 138 Å². The maximum atomic E-state index is 14.6. The molecule has 5 rings (SSSR count). The summed E-state index contributed by atoms with van der Waals surface area (Å²) in [6, 6.07) is 9.00. The van der Waals surface area contributed by atoms with Crippen LogP contribution in [0.4, 0.5) is 0 Å². The molecule has 1 saturated carbocycles. The predicted molar refractivity (Wildman–Crippen MR) is 177 cm³/mol. The monoisotopic (exact) mass is 648 g/mol. The van der Waals surface area contributed by atoms with Crippen LogP contribution in [0.3, 0.4) is 0 Å². The number of carbonyl (C=O) groups excluding carboxylic acids is 2. The lowest BCUT2D eigenvalue weighted by Gasteiger charge is -2.47. The van der Waals surface area contributed by atoms with Crippen LogP contribution < -0.4 is 10.1 Å². The summed E-state index contributed by atoms with van der Waals surface area (Å²) in [6.45, 7) is 13.7. The van der Waals surface area contributed by atoms with E-state index in [4.69, 9.17) is 21.3 Å². The Kier molecular flexibility index (Phi) is 9.54. The van der Waals surface area contributed by atoms with Crippen molar-refractivity contribution in [3.63, 3.8) is 0 Å². The minimum Gasteiger partial charge on any atom is -0.480 e. The number of methoxy groups -OCH3 is 1. The molecule has 3 aromatic rings. The van der Waals surface area contributed by atoms with E-state index in [1.54, 1.807) is 12.3 Å². The van der Waals surface area contributed by atoms with Crippen molar-refractivity contribution in [2.45, 2.75) is 98.3 Å². The van der Waals surface area contributed by atoms with E-state index in [0.29, 0.717) is 39.5 Å². The number of halogens is 1. The number of aliphatic imine (C=N–C) groups is 1. The second-order valence-electron chi connectivity index (χ2n) is 14.7. The van der Waals surface area contributed by atoms with Crippen molar-refractivity contribution < 1.29 is 14.3 Å². The zero-order valence-electron chi connectivity index (χ0n) is 27.9. The van der Waals surface area contributed by atoms with Gasteiger partial charge in [-0.05, 0) is 79.0 Å². The van der Waals surface area contributed by atoms with Crippen molar-refractivity contribution in [3.8, 4) is 5.88 Å². The van der Waals surface area contributed by atoms with E-state index < -0.39 is 5.66 Å². The Labute approximate surface area is 276 Å². The van der Waals surface area contributed by atoms with E-state index in [-0.39, 0.29) is 35.2 Å². The smallest absolute Gasteiger partial charge is 0.275 e. The second kappa shape index (κ2) is 13.1. The first-order valence-corrected chi connectivity index (χ1v) is 16.3. The molecule has 1 aromatic carbocycles. The fraction of sp³-hybridized carbons (Fsp3) is 0.559. The zero-order valence-corrected chi connectivity index (χ0v) is 28.6. The number of hydrogen-bond acceptors (Lipinski definition) is 8. The summed E-state index contributed by atoms with van der Waals surface area (Å²) >= 11 is 6.48. The molecule has 1 spiro atoms. The van der Waals surface area contributed by atoms with Crippen molar-refractivity contribution in [1.29, 1.82) is 0 Å². The summed E-state index contributed by atoms with van der Waals surface area (Å²) in [5, 5.41) is 16.8. The molecule has 1 aliphatic heterocycles. The van der Waals surface area contributed by atoms with Crippen LogP contribution in [-0.2, 0) is 11.3 Å². The largest absolute Gasteiger partial charge is 0.480 e. The highest BCUT2D eigenvalue weighted by molar-refractivity contribution is 6.47. The number of ether oxygens (including phenoxy) is 1. The summed E-state index contributed by atoms with van der Waals surface area (Å²) in [4.78, 5) is 39.2. The highest BCUT2D eigenvalue weighted by atomic mass is 35.5. The maximum absolute atomic E-state index is 14.6. The van der Waals surface area contributed by atoms with Gasteiger partial charge in [0.2, 0.25) is 5.88 Å². The van der Waals surface area contributed by atoms with Gasteiger partial charge in [-0.15, -0.1) is 10.2 Å². The zero-order chi connectivity index (χ0) is 33.3. The Balaban J connectivity index is 1.51. The lowest BCUT2D eigenvalue weighted by atomic mass is 9.69. The molecular formula is C34H45ClN8O3. The summed E-state index contributed by atoms with van der Waals surface area (Å²) in [6.07, 6.45) is 6.72. The van der Waals surface area contributed by atoms with Gasteiger partial charge in [-0.25, -0.2) is 4.98 Å². The van der Waals surface area contributed by atoms with Gasteiger partial charge < -0.3 is 15.0 Å². The molecule has 246 valence electrons. The molecule has 1 atom stereocenters. The number of benzene rings is 1. The lowest BCUT2D eigenvalue weighted by molar-refractivity contribution is -0.134. The number of nitrogens with one attached hydrogen (secondary N) is 2. The molecule has 1 fully saturated rings. The van der Waals surface area contributed by atoms with Crippen LogP contribution in [0.25, 0.3) is 0 Å². The van der Waals surface area contributed by atoms with Crippen molar-refractivity contribution in [1.82, 2.24) is 35.8 Å². The molecule has 0 bridgehead atoms. The van der Waals surface area contributed by atoms with Gasteiger partial charge >= 0.3 is 0 Å². The Morgan fingerprint density at radius 2 is 1.85 bits per heavy atom. The molecule has 2 amide bonds. The van der Waals surface area contributed by atoms with E-state index in [1.165, 1.54) is 7.11 Å². The number of nitrogens with zero attached hydrogens (tertiary/aromatic N) is 6. The minimum absolute atomic E-state index is 0.0458. The van der Waals surface area contributed by atoms with Crippen molar-refractivity contribution in [2.75, 3.05) is 7.11 Å². The number of H-pyrrole nitrogens is 1. The molecule has 1 aliphatic carbocycles. The van der Waals surface area contributed by atoms with Gasteiger partial charge in [0.15, 0.2) is 5.82 Å². The van der Waals surface area contributed by atoms with Crippen molar-refractivity contribution in [2.24, 2.45) is 21.7 Å². The van der Waals surface area contributed by atoms with Crippen LogP contribution in [0.2, 0.25) is 5.02 Å². The van der Waals surface area contributed by atoms with Crippen molar-refractivity contribution >= 4 is 29.1 Å². The molecule has 0 radical (unpaired) electrons. The number of tetrazole rings is 1. The van der Waals surface area contributed by atoms with E-state index in [9.17, 15) is 9.59 Å². The number of hydrogen-bond donors (Lipinski definition) is 2. The lowest BCUT2D eigenvalue weighted by Crippen LogP contribution is -2.51. The van der Waals surface area contributed by atoms with Gasteiger partial charge in [-0.3, -0.25) is 14.6 Å². The van der Waals surface area contributed by atoms with E-state index >= 15 is 0 Å². The quantitative estimate of drug-likeness (QED) is 0.277. The number of aromatic nitrogens is 5. The Bertz CT molecular complexity index is 1570. The summed E-state index contributed by atoms with van der Waals surface area (Å²) < 4.78 is 5.27. The van der Waals surface area contributed by atoms with Crippen LogP contribution in [-0.4, -0.2) is 60.8 Å². The summed E-state index contributed by atoms with van der Waals surface area (Å²) in [7, 11) is 1.51. The molecule has 46 heavy (non-hydrogen) atoms. The third-order valence-electron chi connectivity index (χ3n) is 9.31. The highest BCUT2D eigenvalue weighted by Gasteiger charge is 2.53. The first kappa shape index (κ1) is 33.5. The van der Waals surface area contributed by atoms with Crippen LogP contribution in [0.15, 0.2) is 41.5 Å². The summed E-state index contributed by atoms with van der Waals surface area (Å²) in [5.74, 6) is 0.864. The van der Waals surface area contributed by atoms with Crippen LogP contribution in [0.1, 0.15) is 113 Å².